The Balaban J connectivity index is 2.30. The van der Waals surface area contributed by atoms with Crippen molar-refractivity contribution < 1.29 is 37.7 Å². The van der Waals surface area contributed by atoms with Crippen molar-refractivity contribution in [3.05, 3.63) is 83.0 Å². The summed E-state index contributed by atoms with van der Waals surface area (Å²) in [6.45, 7) is 7.41. The van der Waals surface area contributed by atoms with Crippen LogP contribution < -0.4 is 10.1 Å². The van der Waals surface area contributed by atoms with Crippen molar-refractivity contribution in [3.63, 3.8) is 0 Å². The molecule has 0 aromatic heterocycles. The smallest absolute Gasteiger partial charge is 0.412 e. The number of ether oxygens (including phenoxy) is 3. The van der Waals surface area contributed by atoms with E-state index < -0.39 is 29.8 Å². The molecule has 36 heavy (non-hydrogen) atoms. The van der Waals surface area contributed by atoms with Gasteiger partial charge in [-0.25, -0.2) is 18.4 Å². The van der Waals surface area contributed by atoms with Gasteiger partial charge in [0.25, 0.3) is 0 Å². The molecule has 0 bridgehead atoms. The van der Waals surface area contributed by atoms with Gasteiger partial charge in [0, 0.05) is 18.1 Å². The Morgan fingerprint density at radius 1 is 1.08 bits per heavy atom. The highest BCUT2D eigenvalue weighted by atomic mass is 19.1. The number of amides is 1. The second-order valence-electron chi connectivity index (χ2n) is 8.03. The van der Waals surface area contributed by atoms with E-state index in [1.54, 1.807) is 44.2 Å². The lowest BCUT2D eigenvalue weighted by atomic mass is 9.90. The van der Waals surface area contributed by atoms with Crippen LogP contribution in [-0.4, -0.2) is 37.0 Å². The first-order valence-corrected chi connectivity index (χ1v) is 11.4. The number of esters is 1. The van der Waals surface area contributed by atoms with Crippen molar-refractivity contribution in [2.75, 3.05) is 25.1 Å². The quantitative estimate of drug-likeness (QED) is 0.232. The van der Waals surface area contributed by atoms with Gasteiger partial charge in [-0.2, -0.15) is 0 Å². The van der Waals surface area contributed by atoms with Crippen LogP contribution in [-0.2, 0) is 14.3 Å². The van der Waals surface area contributed by atoms with Gasteiger partial charge in [-0.05, 0) is 56.2 Å². The molecule has 0 unspecified atom stereocenters. The summed E-state index contributed by atoms with van der Waals surface area (Å²) in [5, 5.41) is 11.2. The summed E-state index contributed by atoms with van der Waals surface area (Å²) < 4.78 is 43.2. The molecule has 2 aromatic carbocycles. The number of carbonyl (C=O) groups excluding carboxylic acids is 2. The molecular weight excluding hydrogens is 472 g/mol. The van der Waals surface area contributed by atoms with E-state index in [2.05, 4.69) is 5.32 Å². The first kappa shape index (κ1) is 28.5. The van der Waals surface area contributed by atoms with Crippen LogP contribution in [0.3, 0.4) is 0 Å². The molecule has 0 aliphatic rings. The van der Waals surface area contributed by atoms with E-state index in [0.717, 1.165) is 17.7 Å². The lowest BCUT2D eigenvalue weighted by Crippen LogP contribution is -2.23. The molecule has 194 valence electrons. The summed E-state index contributed by atoms with van der Waals surface area (Å²) in [7, 11) is 0. The number of aliphatic hydroxyl groups is 1. The first-order chi connectivity index (χ1) is 17.1. The van der Waals surface area contributed by atoms with E-state index in [4.69, 9.17) is 19.3 Å². The average molecular weight is 504 g/mol. The number of anilines is 1. The van der Waals surface area contributed by atoms with E-state index in [1.807, 2.05) is 13.8 Å². The van der Waals surface area contributed by atoms with E-state index in [9.17, 15) is 18.4 Å². The molecular formula is C27H31F2NO6. The highest BCUT2D eigenvalue weighted by Gasteiger charge is 2.26. The van der Waals surface area contributed by atoms with Crippen LogP contribution in [0, 0.1) is 17.6 Å². The molecule has 2 aromatic rings. The molecule has 7 nitrogen and oxygen atoms in total. The van der Waals surface area contributed by atoms with Crippen LogP contribution in [0.1, 0.15) is 39.4 Å². The molecule has 0 aliphatic heterocycles. The van der Waals surface area contributed by atoms with E-state index in [1.165, 1.54) is 6.08 Å². The SMILES string of the molecule is CCOC(=O)/C=C(C)/C=C(\C)[C@H](C)[C@H](OC(=O)Nc1ccc(F)cc1F)c1ccc(OCCO)cc1. The van der Waals surface area contributed by atoms with Gasteiger partial charge in [0.1, 0.15) is 30.1 Å². The second-order valence-corrected chi connectivity index (χ2v) is 8.03. The molecule has 2 atom stereocenters. The Hall–Kier alpha value is -3.72. The van der Waals surface area contributed by atoms with Crippen molar-refractivity contribution in [2.45, 2.75) is 33.8 Å². The van der Waals surface area contributed by atoms with Gasteiger partial charge in [-0.15, -0.1) is 0 Å². The minimum atomic E-state index is -0.933. The number of aliphatic hydroxyl groups excluding tert-OH is 1. The molecule has 9 heteroatoms. The number of allylic oxidation sites excluding steroid dienone is 2. The van der Waals surface area contributed by atoms with E-state index in [-0.39, 0.29) is 31.4 Å². The first-order valence-electron chi connectivity index (χ1n) is 11.4. The van der Waals surface area contributed by atoms with Gasteiger partial charge in [0.2, 0.25) is 0 Å². The van der Waals surface area contributed by atoms with Gasteiger partial charge in [0.05, 0.1) is 18.9 Å². The number of benzene rings is 2. The fraction of sp³-hybridized carbons (Fsp3) is 0.333. The minimum absolute atomic E-state index is 0.132. The maximum atomic E-state index is 14.0. The van der Waals surface area contributed by atoms with Crippen LogP contribution in [0.4, 0.5) is 19.3 Å². The lowest BCUT2D eigenvalue weighted by Gasteiger charge is -2.26. The largest absolute Gasteiger partial charge is 0.491 e. The summed E-state index contributed by atoms with van der Waals surface area (Å²) in [6, 6.07) is 9.57. The number of halogens is 2. The molecule has 2 N–H and O–H groups in total. The van der Waals surface area contributed by atoms with E-state index >= 15 is 0 Å². The normalized spacial score (nSPS) is 13.5. The zero-order valence-electron chi connectivity index (χ0n) is 20.7. The Kier molecular flexibility index (Phi) is 11.1. The fourth-order valence-electron chi connectivity index (χ4n) is 3.36. The third-order valence-electron chi connectivity index (χ3n) is 5.23. The molecule has 0 aliphatic carbocycles. The molecule has 0 heterocycles. The number of hydrogen-bond acceptors (Lipinski definition) is 6. The summed E-state index contributed by atoms with van der Waals surface area (Å²) in [6.07, 6.45) is 1.43. The number of hydrogen-bond donors (Lipinski definition) is 2. The van der Waals surface area contributed by atoms with Gasteiger partial charge in [-0.1, -0.05) is 30.7 Å². The Labute approximate surface area is 209 Å². The highest BCUT2D eigenvalue weighted by Crippen LogP contribution is 2.33. The molecule has 0 spiro atoms. The minimum Gasteiger partial charge on any atom is -0.491 e. The van der Waals surface area contributed by atoms with Crippen LogP contribution in [0.25, 0.3) is 0 Å². The zero-order valence-corrected chi connectivity index (χ0v) is 20.7. The second kappa shape index (κ2) is 14.0. The Morgan fingerprint density at radius 2 is 1.78 bits per heavy atom. The number of nitrogens with one attached hydrogen (secondary N) is 1. The molecule has 0 saturated carbocycles. The van der Waals surface area contributed by atoms with Gasteiger partial charge in [-0.3, -0.25) is 5.32 Å². The predicted molar refractivity (Wildman–Crippen MR) is 132 cm³/mol. The zero-order chi connectivity index (χ0) is 26.7. The third-order valence-corrected chi connectivity index (χ3v) is 5.23. The standard InChI is InChI=1S/C27H31F2NO6/c1-5-34-25(32)15-17(2)14-18(3)19(4)26(20-6-9-22(10-7-20)35-13-12-31)36-27(33)30-24-11-8-21(28)16-23(24)29/h6-11,14-16,19,26,31H,5,12-13H2,1-4H3,(H,30,33)/b17-15+,18-14+/t19-,26-/m0/s1. The van der Waals surface area contributed by atoms with Crippen molar-refractivity contribution in [3.8, 4) is 5.75 Å². The van der Waals surface area contributed by atoms with Crippen LogP contribution in [0.15, 0.2) is 65.8 Å². The predicted octanol–water partition coefficient (Wildman–Crippen LogP) is 5.72. The molecule has 0 fully saturated rings. The van der Waals surface area contributed by atoms with Crippen molar-refractivity contribution in [1.29, 1.82) is 0 Å². The maximum Gasteiger partial charge on any atom is 0.412 e. The maximum absolute atomic E-state index is 14.0. The summed E-state index contributed by atoms with van der Waals surface area (Å²) >= 11 is 0. The van der Waals surface area contributed by atoms with E-state index in [0.29, 0.717) is 23.0 Å². The van der Waals surface area contributed by atoms with Gasteiger partial charge >= 0.3 is 12.1 Å². The monoisotopic (exact) mass is 503 g/mol. The average Bonchev–Trinajstić information content (AvgIpc) is 2.83. The fourth-order valence-corrected chi connectivity index (χ4v) is 3.36. The summed E-state index contributed by atoms with van der Waals surface area (Å²) in [5.74, 6) is -1.99. The Morgan fingerprint density at radius 3 is 2.39 bits per heavy atom. The van der Waals surface area contributed by atoms with Gasteiger partial charge in [0.15, 0.2) is 0 Å². The van der Waals surface area contributed by atoms with Crippen LogP contribution >= 0.6 is 0 Å². The third kappa shape index (κ3) is 8.81. The summed E-state index contributed by atoms with van der Waals surface area (Å²) in [5.41, 5.74) is 1.87. The summed E-state index contributed by atoms with van der Waals surface area (Å²) in [4.78, 5) is 24.4. The topological polar surface area (TPSA) is 94.1 Å². The van der Waals surface area contributed by atoms with Crippen molar-refractivity contribution in [2.24, 2.45) is 5.92 Å². The molecule has 0 radical (unpaired) electrons. The molecule has 1 amide bonds. The Bertz CT molecular complexity index is 1100. The van der Waals surface area contributed by atoms with Crippen molar-refractivity contribution in [1.82, 2.24) is 0 Å². The highest BCUT2D eigenvalue weighted by molar-refractivity contribution is 5.85. The number of rotatable bonds is 11. The van der Waals surface area contributed by atoms with Crippen LogP contribution in [0.5, 0.6) is 5.75 Å². The van der Waals surface area contributed by atoms with Gasteiger partial charge < -0.3 is 19.3 Å². The molecule has 2 rings (SSSR count). The van der Waals surface area contributed by atoms with Crippen LogP contribution in [0.2, 0.25) is 0 Å². The molecule has 0 saturated heterocycles. The van der Waals surface area contributed by atoms with Crippen molar-refractivity contribution >= 4 is 17.7 Å². The number of carbonyl (C=O) groups is 2. The lowest BCUT2D eigenvalue weighted by molar-refractivity contribution is -0.137.